The molecule has 0 fully saturated rings. The molecule has 1 aromatic carbocycles. The van der Waals surface area contributed by atoms with Crippen LogP contribution in [0.2, 0.25) is 5.02 Å². The van der Waals surface area contributed by atoms with E-state index >= 15 is 0 Å². The van der Waals surface area contributed by atoms with Crippen LogP contribution in [0.4, 0.5) is 9.52 Å². The lowest BCUT2D eigenvalue weighted by Crippen LogP contribution is -2.16. The fourth-order valence-corrected chi connectivity index (χ4v) is 5.07. The molecule has 23 heavy (non-hydrogen) atoms. The molecule has 0 aliphatic rings. The van der Waals surface area contributed by atoms with Crippen molar-refractivity contribution in [1.82, 2.24) is 10.2 Å². The Morgan fingerprint density at radius 3 is 2.78 bits per heavy atom. The van der Waals surface area contributed by atoms with Crippen LogP contribution in [0.25, 0.3) is 0 Å². The molecule has 0 spiro atoms. The first-order valence-corrected chi connectivity index (χ1v) is 10.5. The third-order valence-electron chi connectivity index (χ3n) is 2.59. The topological polar surface area (TPSA) is 72.0 Å². The summed E-state index contributed by atoms with van der Waals surface area (Å²) in [4.78, 5) is 0. The second-order valence-corrected chi connectivity index (χ2v) is 9.51. The van der Waals surface area contributed by atoms with Gasteiger partial charge < -0.3 is 0 Å². The van der Waals surface area contributed by atoms with Crippen molar-refractivity contribution in [3.63, 3.8) is 0 Å². The summed E-state index contributed by atoms with van der Waals surface area (Å²) in [6.07, 6.45) is 0. The number of nitrogens with one attached hydrogen (secondary N) is 1. The Labute approximate surface area is 147 Å². The van der Waals surface area contributed by atoms with E-state index in [1.807, 2.05) is 0 Å². The van der Waals surface area contributed by atoms with Gasteiger partial charge in [-0.15, -0.1) is 10.2 Å². The molecule has 0 unspecified atom stereocenters. The highest BCUT2D eigenvalue weighted by molar-refractivity contribution is 8.01. The molecular formula is C13H15ClFN3O2S3. The van der Waals surface area contributed by atoms with Gasteiger partial charge in [-0.2, -0.15) is 0 Å². The molecule has 0 radical (unpaired) electrons. The summed E-state index contributed by atoms with van der Waals surface area (Å²) >= 11 is 8.51. The highest BCUT2D eigenvalue weighted by Crippen LogP contribution is 2.28. The molecule has 126 valence electrons. The Balaban J connectivity index is 2.07. The number of sulfonamides is 1. The number of hydrogen-bond donors (Lipinski definition) is 1. The standard InChI is InChI=1S/C13H15ClFN3O2S3/c1-8(2)6-21-13-17-16-12(22-13)18-23(19,20)7-9-10(14)4-3-5-11(9)15/h3-5,8H,6-7H2,1-2H3,(H,16,18). The highest BCUT2D eigenvalue weighted by Gasteiger charge is 2.19. The summed E-state index contributed by atoms with van der Waals surface area (Å²) in [7, 11) is -3.83. The molecule has 10 heteroatoms. The lowest BCUT2D eigenvalue weighted by atomic mass is 10.2. The summed E-state index contributed by atoms with van der Waals surface area (Å²) in [5.41, 5.74) is -0.0689. The number of hydrogen-bond acceptors (Lipinski definition) is 6. The Morgan fingerprint density at radius 2 is 2.13 bits per heavy atom. The van der Waals surface area contributed by atoms with Crippen LogP contribution in [0, 0.1) is 11.7 Å². The van der Waals surface area contributed by atoms with E-state index in [2.05, 4.69) is 28.8 Å². The van der Waals surface area contributed by atoms with Gasteiger partial charge in [0.2, 0.25) is 15.2 Å². The summed E-state index contributed by atoms with van der Waals surface area (Å²) < 4.78 is 41.0. The van der Waals surface area contributed by atoms with Crippen LogP contribution in [-0.2, 0) is 15.8 Å². The third-order valence-corrected chi connectivity index (χ3v) is 6.64. The molecule has 0 atom stereocenters. The molecule has 0 aliphatic carbocycles. The van der Waals surface area contributed by atoms with Crippen LogP contribution in [0.1, 0.15) is 19.4 Å². The minimum absolute atomic E-state index is 0.0689. The molecule has 2 rings (SSSR count). The first-order chi connectivity index (χ1) is 10.8. The number of anilines is 1. The van der Waals surface area contributed by atoms with E-state index in [0.717, 1.165) is 17.1 Å². The van der Waals surface area contributed by atoms with Crippen molar-refractivity contribution in [2.75, 3.05) is 10.5 Å². The predicted octanol–water partition coefficient (Wildman–Crippen LogP) is 4.02. The number of thioether (sulfide) groups is 1. The minimum Gasteiger partial charge on any atom is -0.257 e. The molecular weight excluding hydrogens is 381 g/mol. The van der Waals surface area contributed by atoms with Gasteiger partial charge in [-0.05, 0) is 18.1 Å². The average molecular weight is 396 g/mol. The maximum absolute atomic E-state index is 13.7. The van der Waals surface area contributed by atoms with Crippen molar-refractivity contribution < 1.29 is 12.8 Å². The predicted molar refractivity (Wildman–Crippen MR) is 93.1 cm³/mol. The van der Waals surface area contributed by atoms with Gasteiger partial charge in [0, 0.05) is 16.3 Å². The molecule has 1 N–H and O–H groups in total. The maximum Gasteiger partial charge on any atom is 0.238 e. The largest absolute Gasteiger partial charge is 0.257 e. The molecule has 1 heterocycles. The zero-order valence-corrected chi connectivity index (χ0v) is 15.6. The number of benzene rings is 1. The van der Waals surface area contributed by atoms with Crippen molar-refractivity contribution >= 4 is 49.9 Å². The van der Waals surface area contributed by atoms with Crippen LogP contribution in [0.15, 0.2) is 22.5 Å². The van der Waals surface area contributed by atoms with Crippen LogP contribution in [0.5, 0.6) is 0 Å². The van der Waals surface area contributed by atoms with Crippen molar-refractivity contribution in [3.05, 3.63) is 34.6 Å². The van der Waals surface area contributed by atoms with E-state index < -0.39 is 21.6 Å². The van der Waals surface area contributed by atoms with Gasteiger partial charge in [0.15, 0.2) is 4.34 Å². The molecule has 0 saturated carbocycles. The van der Waals surface area contributed by atoms with Crippen LogP contribution in [0.3, 0.4) is 0 Å². The quantitative estimate of drug-likeness (QED) is 0.717. The second-order valence-electron chi connectivity index (χ2n) is 5.14. The van der Waals surface area contributed by atoms with Gasteiger partial charge in [0.25, 0.3) is 0 Å². The maximum atomic E-state index is 13.7. The second kappa shape index (κ2) is 7.78. The number of rotatable bonds is 7. The SMILES string of the molecule is CC(C)CSc1nnc(NS(=O)(=O)Cc2c(F)cccc2Cl)s1. The molecule has 0 saturated heterocycles. The lowest BCUT2D eigenvalue weighted by Gasteiger charge is -2.07. The van der Waals surface area contributed by atoms with Gasteiger partial charge in [-0.25, -0.2) is 12.8 Å². The Morgan fingerprint density at radius 1 is 1.39 bits per heavy atom. The van der Waals surface area contributed by atoms with Gasteiger partial charge in [-0.3, -0.25) is 4.72 Å². The summed E-state index contributed by atoms with van der Waals surface area (Å²) in [5.74, 6) is 0.138. The minimum atomic E-state index is -3.83. The van der Waals surface area contributed by atoms with E-state index in [4.69, 9.17) is 11.6 Å². The lowest BCUT2D eigenvalue weighted by molar-refractivity contribution is 0.591. The number of nitrogens with zero attached hydrogens (tertiary/aromatic N) is 2. The first-order valence-electron chi connectivity index (χ1n) is 6.66. The summed E-state index contributed by atoms with van der Waals surface area (Å²) in [6.45, 7) is 4.16. The van der Waals surface area contributed by atoms with Gasteiger partial charge in [-0.1, -0.05) is 54.6 Å². The Hall–Kier alpha value is -0.900. The van der Waals surface area contributed by atoms with Crippen molar-refractivity contribution in [2.45, 2.75) is 23.9 Å². The van der Waals surface area contributed by atoms with E-state index in [9.17, 15) is 12.8 Å². The normalized spacial score (nSPS) is 11.9. The van der Waals surface area contributed by atoms with Crippen LogP contribution >= 0.6 is 34.7 Å². The van der Waals surface area contributed by atoms with Crippen molar-refractivity contribution in [1.29, 1.82) is 0 Å². The molecule has 0 aliphatic heterocycles. The van der Waals surface area contributed by atoms with Gasteiger partial charge >= 0.3 is 0 Å². The molecule has 2 aromatic rings. The number of aromatic nitrogens is 2. The van der Waals surface area contributed by atoms with Gasteiger partial charge in [0.05, 0.1) is 5.75 Å². The van der Waals surface area contributed by atoms with E-state index in [1.54, 1.807) is 0 Å². The Kier molecular flexibility index (Phi) is 6.24. The average Bonchev–Trinajstić information content (AvgIpc) is 2.87. The molecule has 1 aromatic heterocycles. The van der Waals surface area contributed by atoms with E-state index in [1.165, 1.54) is 30.0 Å². The zero-order valence-electron chi connectivity index (χ0n) is 12.4. The van der Waals surface area contributed by atoms with Crippen molar-refractivity contribution in [3.8, 4) is 0 Å². The van der Waals surface area contributed by atoms with Gasteiger partial charge in [0.1, 0.15) is 5.82 Å². The molecule has 0 amide bonds. The number of halogens is 2. The fraction of sp³-hybridized carbons (Fsp3) is 0.385. The highest BCUT2D eigenvalue weighted by atomic mass is 35.5. The third kappa shape index (κ3) is 5.59. The van der Waals surface area contributed by atoms with E-state index in [-0.39, 0.29) is 15.7 Å². The summed E-state index contributed by atoms with van der Waals surface area (Å²) in [6, 6.07) is 4.04. The summed E-state index contributed by atoms with van der Waals surface area (Å²) in [5, 5.41) is 7.94. The smallest absolute Gasteiger partial charge is 0.238 e. The van der Waals surface area contributed by atoms with E-state index in [0.29, 0.717) is 10.3 Å². The Bertz CT molecular complexity index is 760. The van der Waals surface area contributed by atoms with Crippen LogP contribution in [-0.4, -0.2) is 24.4 Å². The van der Waals surface area contributed by atoms with Crippen LogP contribution < -0.4 is 4.72 Å². The fourth-order valence-electron chi connectivity index (χ4n) is 1.58. The monoisotopic (exact) mass is 395 g/mol. The molecule has 5 nitrogen and oxygen atoms in total. The zero-order chi connectivity index (χ0) is 17.0. The molecule has 0 bridgehead atoms. The van der Waals surface area contributed by atoms with Crippen molar-refractivity contribution in [2.24, 2.45) is 5.92 Å². The first kappa shape index (κ1) is 18.4.